The van der Waals surface area contributed by atoms with E-state index in [4.69, 9.17) is 0 Å². The highest BCUT2D eigenvalue weighted by Crippen LogP contribution is 2.67. The van der Waals surface area contributed by atoms with Crippen LogP contribution in [0, 0.1) is 34.5 Å². The van der Waals surface area contributed by atoms with Crippen molar-refractivity contribution >= 4 is 11.9 Å². The summed E-state index contributed by atoms with van der Waals surface area (Å²) >= 11 is 0. The second-order valence-corrected chi connectivity index (χ2v) is 13.4. The molecule has 0 saturated heterocycles. The number of carbonyl (C=O) groups is 2. The van der Waals surface area contributed by atoms with Gasteiger partial charge in [0.1, 0.15) is 12.2 Å². The zero-order valence-corrected chi connectivity index (χ0v) is 23.8. The van der Waals surface area contributed by atoms with Crippen molar-refractivity contribution in [2.24, 2.45) is 34.5 Å². The van der Waals surface area contributed by atoms with Crippen molar-refractivity contribution in [2.75, 3.05) is 0 Å². The molecule has 0 radical (unpaired) electrons. The molecule has 4 aliphatic rings. The largest absolute Gasteiger partial charge is 0.460 e. The number of hydrogen-bond acceptors (Lipinski definition) is 4. The first-order chi connectivity index (χ1) is 20.1. The Morgan fingerprint density at radius 2 is 1.09 bits per heavy atom. The summed E-state index contributed by atoms with van der Waals surface area (Å²) in [5, 5.41) is 0. The molecule has 4 nitrogen and oxygen atoms in total. The number of halogens is 14. The minimum Gasteiger partial charge on any atom is -0.458 e. The van der Waals surface area contributed by atoms with Crippen LogP contribution in [0.2, 0.25) is 0 Å². The number of hydrogen-bond donors (Lipinski definition) is 0. The molecule has 0 aromatic heterocycles. The Balaban J connectivity index is 1.43. The zero-order chi connectivity index (χ0) is 34.4. The maximum atomic E-state index is 13.9. The van der Waals surface area contributed by atoms with E-state index in [-0.39, 0.29) is 55.8 Å². The minimum absolute atomic E-state index is 0.0603. The van der Waals surface area contributed by atoms with Gasteiger partial charge in [-0.3, -0.25) is 0 Å². The maximum Gasteiger partial charge on any atom is 0.460 e. The predicted octanol–water partition coefficient (Wildman–Crippen LogP) is 8.52. The van der Waals surface area contributed by atoms with Gasteiger partial charge in [0.25, 0.3) is 0 Å². The molecule has 3 unspecified atom stereocenters. The van der Waals surface area contributed by atoms with Crippen LogP contribution in [0.3, 0.4) is 0 Å². The molecule has 0 N–H and O–H groups in total. The molecule has 0 amide bonds. The Morgan fingerprint density at radius 1 is 0.600 bits per heavy atom. The average molecular weight is 685 g/mol. The fourth-order valence-corrected chi connectivity index (χ4v) is 8.47. The van der Waals surface area contributed by atoms with Crippen LogP contribution in [-0.2, 0) is 19.1 Å². The first kappa shape index (κ1) is 35.8. The molecule has 0 spiro atoms. The molecule has 4 aliphatic carbocycles. The van der Waals surface area contributed by atoms with E-state index in [1.807, 2.05) is 6.92 Å². The number of carbonyl (C=O) groups excluding carboxylic acids is 2. The van der Waals surface area contributed by atoms with E-state index in [0.717, 1.165) is 0 Å². The molecular formula is C27H30F14O4. The molecule has 18 heteroatoms. The Kier molecular flexibility index (Phi) is 8.55. The molecule has 0 bridgehead atoms. The summed E-state index contributed by atoms with van der Waals surface area (Å²) in [7, 11) is 0. The third-order valence-electron chi connectivity index (χ3n) is 10.9. The summed E-state index contributed by atoms with van der Waals surface area (Å²) in [6.45, 7) is 3.64. The topological polar surface area (TPSA) is 52.6 Å². The highest BCUT2D eigenvalue weighted by Gasteiger charge is 2.78. The van der Waals surface area contributed by atoms with Crippen LogP contribution < -0.4 is 0 Å². The monoisotopic (exact) mass is 684 g/mol. The summed E-state index contributed by atoms with van der Waals surface area (Å²) in [6, 6.07) is 0. The second kappa shape index (κ2) is 10.7. The molecule has 0 aromatic rings. The number of ether oxygens (including phenoxy) is 2. The third-order valence-corrected chi connectivity index (χ3v) is 10.9. The molecular weight excluding hydrogens is 654 g/mol. The summed E-state index contributed by atoms with van der Waals surface area (Å²) in [4.78, 5) is 23.7. The predicted molar refractivity (Wildman–Crippen MR) is 123 cm³/mol. The molecule has 0 aromatic carbocycles. The van der Waals surface area contributed by atoms with E-state index in [0.29, 0.717) is 25.7 Å². The Morgan fingerprint density at radius 3 is 1.58 bits per heavy atom. The van der Waals surface area contributed by atoms with E-state index in [9.17, 15) is 71.1 Å². The van der Waals surface area contributed by atoms with E-state index in [1.54, 1.807) is 6.92 Å². The zero-order valence-electron chi connectivity index (χ0n) is 23.8. The van der Waals surface area contributed by atoms with Crippen LogP contribution in [0.4, 0.5) is 61.5 Å². The number of esters is 2. The van der Waals surface area contributed by atoms with Crippen molar-refractivity contribution in [3.05, 3.63) is 0 Å². The molecule has 8 atom stereocenters. The van der Waals surface area contributed by atoms with Crippen LogP contribution in [-0.4, -0.2) is 60.2 Å². The normalized spacial score (nSPS) is 36.4. The number of rotatable bonds is 6. The lowest BCUT2D eigenvalue weighted by atomic mass is 9.45. The second-order valence-electron chi connectivity index (χ2n) is 13.4. The molecule has 0 aliphatic heterocycles. The van der Waals surface area contributed by atoms with Gasteiger partial charge in [0.05, 0.1) is 0 Å². The smallest absolute Gasteiger partial charge is 0.458 e. The fourth-order valence-electron chi connectivity index (χ4n) is 8.47. The summed E-state index contributed by atoms with van der Waals surface area (Å²) in [5.41, 5.74) is -1.19. The Labute approximate surface area is 247 Å². The van der Waals surface area contributed by atoms with Crippen molar-refractivity contribution in [1.29, 1.82) is 0 Å². The first-order valence-electron chi connectivity index (χ1n) is 14.2. The van der Waals surface area contributed by atoms with Gasteiger partial charge in [0.2, 0.25) is 0 Å². The number of fused-ring (bicyclic) bond motifs is 5. The van der Waals surface area contributed by atoms with E-state index < -0.39 is 71.0 Å². The van der Waals surface area contributed by atoms with Crippen molar-refractivity contribution in [2.45, 2.75) is 120 Å². The van der Waals surface area contributed by atoms with Gasteiger partial charge in [-0.05, 0) is 92.3 Å². The van der Waals surface area contributed by atoms with E-state index in [2.05, 4.69) is 9.47 Å². The van der Waals surface area contributed by atoms with Crippen molar-refractivity contribution in [3.8, 4) is 0 Å². The van der Waals surface area contributed by atoms with Gasteiger partial charge < -0.3 is 9.47 Å². The van der Waals surface area contributed by atoms with Crippen molar-refractivity contribution in [3.63, 3.8) is 0 Å². The molecule has 260 valence electrons. The average Bonchev–Trinajstić information content (AvgIpc) is 3.23. The van der Waals surface area contributed by atoms with Gasteiger partial charge >= 0.3 is 48.0 Å². The summed E-state index contributed by atoms with van der Waals surface area (Å²) in [6.07, 6.45) is -14.5. The Hall–Kier alpha value is -2.04. The van der Waals surface area contributed by atoms with Crippen LogP contribution in [0.25, 0.3) is 0 Å². The van der Waals surface area contributed by atoms with Crippen LogP contribution in [0.5, 0.6) is 0 Å². The quantitative estimate of drug-likeness (QED) is 0.208. The SMILES string of the molecule is C[C@]12CCC3C(CC[C@H]4C[C@@H](OC(=O)C(F)(F)C(F)(F)C(F)(F)F)CC[C@]34C)C1C[C@@H](OC(=O)C(F)(F)C(F)(F)C(F)(F)F)C2. The minimum atomic E-state index is -6.71. The maximum absolute atomic E-state index is 13.9. The van der Waals surface area contributed by atoms with Crippen LogP contribution in [0.15, 0.2) is 0 Å². The van der Waals surface area contributed by atoms with E-state index >= 15 is 0 Å². The third kappa shape index (κ3) is 5.54. The molecule has 45 heavy (non-hydrogen) atoms. The van der Waals surface area contributed by atoms with Crippen LogP contribution in [0.1, 0.15) is 71.6 Å². The van der Waals surface area contributed by atoms with Crippen LogP contribution >= 0.6 is 0 Å². The lowest BCUT2D eigenvalue weighted by Crippen LogP contribution is -2.58. The molecule has 4 rings (SSSR count). The summed E-state index contributed by atoms with van der Waals surface area (Å²) in [5.74, 6) is -32.5. The van der Waals surface area contributed by atoms with Gasteiger partial charge in [0, 0.05) is 0 Å². The van der Waals surface area contributed by atoms with Gasteiger partial charge in [-0.2, -0.15) is 61.5 Å². The lowest BCUT2D eigenvalue weighted by Gasteiger charge is -2.60. The number of alkyl halides is 14. The van der Waals surface area contributed by atoms with Crippen molar-refractivity contribution < 1.29 is 80.5 Å². The standard InChI is InChI=1S/C27H30F14O4/c1-20-7-6-16-15(17(20)10-14(11-20)45-19(43)23(30,31)25(34,35)27(39,40)41)4-3-12-9-13(5-8-21(12,16)2)44-18(42)22(28,29)24(32,33)26(36,37)38/h12-17H,3-11H2,1-2H3/t12-,13-,14+,15?,16?,17?,20+,21-/m0/s1. The molecule has 4 fully saturated rings. The van der Waals surface area contributed by atoms with Crippen molar-refractivity contribution in [1.82, 2.24) is 0 Å². The molecule has 0 heterocycles. The van der Waals surface area contributed by atoms with Gasteiger partial charge in [-0.15, -0.1) is 0 Å². The van der Waals surface area contributed by atoms with E-state index in [1.165, 1.54) is 0 Å². The van der Waals surface area contributed by atoms with Gasteiger partial charge in [-0.1, -0.05) is 13.8 Å². The highest BCUT2D eigenvalue weighted by atomic mass is 19.4. The van der Waals surface area contributed by atoms with Gasteiger partial charge in [0.15, 0.2) is 0 Å². The fraction of sp³-hybridized carbons (Fsp3) is 0.926. The molecule has 4 saturated carbocycles. The van der Waals surface area contributed by atoms with Gasteiger partial charge in [-0.25, -0.2) is 9.59 Å². The lowest BCUT2D eigenvalue weighted by molar-refractivity contribution is -0.349. The Bertz CT molecular complexity index is 1170. The summed E-state index contributed by atoms with van der Waals surface area (Å²) < 4.78 is 193. The first-order valence-corrected chi connectivity index (χ1v) is 14.2. The highest BCUT2D eigenvalue weighted by molar-refractivity contribution is 5.80.